The molecule has 2 N–H and O–H groups in total. The normalized spacial score (nSPS) is 29.6. The van der Waals surface area contributed by atoms with Gasteiger partial charge in [-0.25, -0.2) is 0 Å². The van der Waals surface area contributed by atoms with Gasteiger partial charge in [0.2, 0.25) is 5.91 Å². The Balaban J connectivity index is 1.87. The van der Waals surface area contributed by atoms with Crippen LogP contribution in [0.15, 0.2) is 22.7 Å². The van der Waals surface area contributed by atoms with Crippen molar-refractivity contribution in [2.24, 2.45) is 5.92 Å². The fourth-order valence-corrected chi connectivity index (χ4v) is 3.58. The zero-order valence-corrected chi connectivity index (χ0v) is 12.7. The van der Waals surface area contributed by atoms with Crippen molar-refractivity contribution in [1.29, 1.82) is 0 Å². The van der Waals surface area contributed by atoms with Gasteiger partial charge in [-0.05, 0) is 49.8 Å². The largest absolute Gasteiger partial charge is 0.369 e. The van der Waals surface area contributed by atoms with Crippen LogP contribution >= 0.6 is 15.9 Å². The van der Waals surface area contributed by atoms with Gasteiger partial charge in [-0.1, -0.05) is 29.3 Å². The van der Waals surface area contributed by atoms with E-state index in [0.717, 1.165) is 47.4 Å². The lowest BCUT2D eigenvalue weighted by Gasteiger charge is -2.43. The standard InChI is InChI=1S/C15H19BrN2O/c1-2-10-5-7-15(8-6-10)14(19)17-12-4-3-11(16)9-13(12)18-15/h3-4,9-10,18H,2,5-8H2,1H3,(H,17,19). The van der Waals surface area contributed by atoms with E-state index in [0.29, 0.717) is 0 Å². The maximum Gasteiger partial charge on any atom is 0.250 e. The summed E-state index contributed by atoms with van der Waals surface area (Å²) in [6, 6.07) is 5.93. The molecule has 1 heterocycles. The van der Waals surface area contributed by atoms with E-state index in [1.165, 1.54) is 6.42 Å². The lowest BCUT2D eigenvalue weighted by Crippen LogP contribution is -2.54. The van der Waals surface area contributed by atoms with Crippen LogP contribution in [0.5, 0.6) is 0 Å². The number of carbonyl (C=O) groups excluding carboxylic acids is 1. The number of nitrogens with one attached hydrogen (secondary N) is 2. The first-order valence-corrected chi connectivity index (χ1v) is 7.81. The third-order valence-corrected chi connectivity index (χ3v) is 5.07. The highest BCUT2D eigenvalue weighted by Gasteiger charge is 2.44. The van der Waals surface area contributed by atoms with E-state index in [4.69, 9.17) is 0 Å². The van der Waals surface area contributed by atoms with Crippen LogP contribution in [-0.2, 0) is 4.79 Å². The first kappa shape index (κ1) is 13.0. The summed E-state index contributed by atoms with van der Waals surface area (Å²) in [7, 11) is 0. The molecule has 2 aliphatic rings. The van der Waals surface area contributed by atoms with Crippen molar-refractivity contribution < 1.29 is 4.79 Å². The second kappa shape index (κ2) is 4.82. The van der Waals surface area contributed by atoms with E-state index >= 15 is 0 Å². The van der Waals surface area contributed by atoms with E-state index in [1.54, 1.807) is 0 Å². The summed E-state index contributed by atoms with van der Waals surface area (Å²) in [4.78, 5) is 12.4. The first-order chi connectivity index (χ1) is 9.13. The van der Waals surface area contributed by atoms with Crippen LogP contribution in [0.4, 0.5) is 11.4 Å². The molecule has 4 heteroatoms. The maximum atomic E-state index is 12.4. The molecule has 0 atom stereocenters. The molecule has 1 aliphatic carbocycles. The molecule has 0 saturated heterocycles. The molecule has 1 aliphatic heterocycles. The highest BCUT2D eigenvalue weighted by Crippen LogP contribution is 2.41. The Morgan fingerprint density at radius 3 is 2.74 bits per heavy atom. The van der Waals surface area contributed by atoms with E-state index in [1.807, 2.05) is 18.2 Å². The Bertz CT molecular complexity index is 507. The Labute approximate surface area is 122 Å². The van der Waals surface area contributed by atoms with Crippen LogP contribution in [0.25, 0.3) is 0 Å². The smallest absolute Gasteiger partial charge is 0.250 e. The lowest BCUT2D eigenvalue weighted by molar-refractivity contribution is -0.121. The molecule has 1 spiro atoms. The third-order valence-electron chi connectivity index (χ3n) is 4.57. The van der Waals surface area contributed by atoms with Gasteiger partial charge >= 0.3 is 0 Å². The van der Waals surface area contributed by atoms with Crippen LogP contribution in [0.1, 0.15) is 39.0 Å². The minimum atomic E-state index is -0.389. The van der Waals surface area contributed by atoms with Gasteiger partial charge in [0.1, 0.15) is 5.54 Å². The molecular weight excluding hydrogens is 304 g/mol. The molecule has 3 nitrogen and oxygen atoms in total. The molecule has 0 unspecified atom stereocenters. The summed E-state index contributed by atoms with van der Waals surface area (Å²) in [5.41, 5.74) is 1.53. The fourth-order valence-electron chi connectivity index (χ4n) is 3.22. The second-order valence-corrected chi connectivity index (χ2v) is 6.62. The number of amides is 1. The number of benzene rings is 1. The highest BCUT2D eigenvalue weighted by atomic mass is 79.9. The minimum absolute atomic E-state index is 0.136. The van der Waals surface area contributed by atoms with Gasteiger partial charge in [-0.2, -0.15) is 0 Å². The van der Waals surface area contributed by atoms with Gasteiger partial charge in [0, 0.05) is 4.47 Å². The lowest BCUT2D eigenvalue weighted by atomic mass is 9.74. The van der Waals surface area contributed by atoms with Gasteiger partial charge in [-0.3, -0.25) is 4.79 Å². The van der Waals surface area contributed by atoms with E-state index in [-0.39, 0.29) is 11.4 Å². The van der Waals surface area contributed by atoms with Gasteiger partial charge < -0.3 is 10.6 Å². The number of rotatable bonds is 1. The molecule has 1 amide bonds. The van der Waals surface area contributed by atoms with E-state index < -0.39 is 0 Å². The third kappa shape index (κ3) is 2.27. The van der Waals surface area contributed by atoms with Crippen LogP contribution in [0.3, 0.4) is 0 Å². The molecule has 1 aromatic carbocycles. The zero-order chi connectivity index (χ0) is 13.5. The topological polar surface area (TPSA) is 41.1 Å². The summed E-state index contributed by atoms with van der Waals surface area (Å²) in [5, 5.41) is 6.56. The Hall–Kier alpha value is -1.03. The quantitative estimate of drug-likeness (QED) is 0.815. The summed E-state index contributed by atoms with van der Waals surface area (Å²) in [5.74, 6) is 0.918. The van der Waals surface area contributed by atoms with Crippen molar-refractivity contribution in [1.82, 2.24) is 0 Å². The number of carbonyl (C=O) groups is 1. The van der Waals surface area contributed by atoms with Crippen molar-refractivity contribution in [3.63, 3.8) is 0 Å². The summed E-state index contributed by atoms with van der Waals surface area (Å²) in [6.45, 7) is 2.24. The first-order valence-electron chi connectivity index (χ1n) is 7.02. The van der Waals surface area contributed by atoms with Gasteiger partial charge in [-0.15, -0.1) is 0 Å². The van der Waals surface area contributed by atoms with Gasteiger partial charge in [0.15, 0.2) is 0 Å². The SMILES string of the molecule is CCC1CCC2(CC1)Nc1cc(Br)ccc1NC2=O. The number of halogens is 1. The number of hydrogen-bond acceptors (Lipinski definition) is 2. The monoisotopic (exact) mass is 322 g/mol. The molecule has 19 heavy (non-hydrogen) atoms. The van der Waals surface area contributed by atoms with Gasteiger partial charge in [0.05, 0.1) is 11.4 Å². The molecule has 1 aromatic rings. The Morgan fingerprint density at radius 2 is 2.05 bits per heavy atom. The van der Waals surface area contributed by atoms with Crippen LogP contribution in [0.2, 0.25) is 0 Å². The Morgan fingerprint density at radius 1 is 1.32 bits per heavy atom. The molecule has 102 valence electrons. The summed E-state index contributed by atoms with van der Waals surface area (Å²) >= 11 is 3.49. The molecular formula is C15H19BrN2O. The molecule has 0 bridgehead atoms. The van der Waals surface area contributed by atoms with E-state index in [9.17, 15) is 4.79 Å². The number of fused-ring (bicyclic) bond motifs is 1. The zero-order valence-electron chi connectivity index (χ0n) is 11.1. The molecule has 0 aromatic heterocycles. The van der Waals surface area contributed by atoms with Crippen molar-refractivity contribution in [3.8, 4) is 0 Å². The van der Waals surface area contributed by atoms with Crippen molar-refractivity contribution in [2.45, 2.75) is 44.6 Å². The average Bonchev–Trinajstić information content (AvgIpc) is 2.41. The van der Waals surface area contributed by atoms with Crippen LogP contribution in [0, 0.1) is 5.92 Å². The van der Waals surface area contributed by atoms with E-state index in [2.05, 4.69) is 33.5 Å². The highest BCUT2D eigenvalue weighted by molar-refractivity contribution is 9.10. The molecule has 0 radical (unpaired) electrons. The molecule has 1 saturated carbocycles. The fraction of sp³-hybridized carbons (Fsp3) is 0.533. The number of hydrogen-bond donors (Lipinski definition) is 2. The Kier molecular flexibility index (Phi) is 3.29. The minimum Gasteiger partial charge on any atom is -0.369 e. The maximum absolute atomic E-state index is 12.4. The van der Waals surface area contributed by atoms with Crippen molar-refractivity contribution in [3.05, 3.63) is 22.7 Å². The van der Waals surface area contributed by atoms with Crippen LogP contribution in [-0.4, -0.2) is 11.4 Å². The number of anilines is 2. The van der Waals surface area contributed by atoms with Crippen molar-refractivity contribution >= 4 is 33.2 Å². The second-order valence-electron chi connectivity index (χ2n) is 5.70. The predicted octanol–water partition coefficient (Wildman–Crippen LogP) is 4.15. The molecule has 3 rings (SSSR count). The molecule has 1 fully saturated rings. The predicted molar refractivity (Wildman–Crippen MR) is 81.4 cm³/mol. The average molecular weight is 323 g/mol. The summed E-state index contributed by atoms with van der Waals surface area (Å²) < 4.78 is 1.03. The van der Waals surface area contributed by atoms with Crippen LogP contribution < -0.4 is 10.6 Å². The van der Waals surface area contributed by atoms with Crippen molar-refractivity contribution in [2.75, 3.05) is 10.6 Å². The van der Waals surface area contributed by atoms with Gasteiger partial charge in [0.25, 0.3) is 0 Å². The summed E-state index contributed by atoms with van der Waals surface area (Å²) in [6.07, 6.45) is 5.37.